The maximum atomic E-state index is 10.1. The number of nitrogens with one attached hydrogen (secondary N) is 1. The summed E-state index contributed by atoms with van der Waals surface area (Å²) < 4.78 is 5.19. The molecular weight excluding hydrogens is 204 g/mol. The normalized spacial score (nSPS) is 14.5. The molecule has 0 radical (unpaired) electrons. The number of aliphatic hydroxyl groups is 1. The van der Waals surface area contributed by atoms with Gasteiger partial charge in [-0.3, -0.25) is 0 Å². The summed E-state index contributed by atoms with van der Waals surface area (Å²) in [6.45, 7) is 0.785. The molecular formula is C12H20N2O2. The van der Waals surface area contributed by atoms with E-state index in [0.717, 1.165) is 18.5 Å². The number of hydrogen-bond acceptors (Lipinski definition) is 4. The van der Waals surface area contributed by atoms with Crippen LogP contribution in [0.5, 0.6) is 5.75 Å². The van der Waals surface area contributed by atoms with E-state index in [1.165, 1.54) is 0 Å². The van der Waals surface area contributed by atoms with Crippen LogP contribution in [0.3, 0.4) is 0 Å². The summed E-state index contributed by atoms with van der Waals surface area (Å²) in [5, 5.41) is 13.1. The average molecular weight is 224 g/mol. The van der Waals surface area contributed by atoms with Gasteiger partial charge in [-0.15, -0.1) is 0 Å². The zero-order valence-corrected chi connectivity index (χ0v) is 9.81. The van der Waals surface area contributed by atoms with Crippen molar-refractivity contribution < 1.29 is 9.84 Å². The third-order valence-corrected chi connectivity index (χ3v) is 2.59. The van der Waals surface area contributed by atoms with Crippen LogP contribution in [-0.2, 0) is 0 Å². The standard InChI is InChI=1S/C12H20N2O2/c1-14-8-7-10(13)12(15)9-5-3-4-6-11(9)16-2/h3-6,10,12,14-15H,7-8,13H2,1-2H3. The van der Waals surface area contributed by atoms with Gasteiger partial charge >= 0.3 is 0 Å². The highest BCUT2D eigenvalue weighted by atomic mass is 16.5. The van der Waals surface area contributed by atoms with E-state index in [0.29, 0.717) is 5.75 Å². The number of hydrogen-bond donors (Lipinski definition) is 3. The number of rotatable bonds is 6. The van der Waals surface area contributed by atoms with Gasteiger partial charge in [0, 0.05) is 11.6 Å². The van der Waals surface area contributed by atoms with Gasteiger partial charge < -0.3 is 20.9 Å². The average Bonchev–Trinajstić information content (AvgIpc) is 2.34. The van der Waals surface area contributed by atoms with Crippen molar-refractivity contribution in [2.24, 2.45) is 5.73 Å². The van der Waals surface area contributed by atoms with E-state index in [9.17, 15) is 5.11 Å². The van der Waals surface area contributed by atoms with Crippen LogP contribution < -0.4 is 15.8 Å². The summed E-state index contributed by atoms with van der Waals surface area (Å²) >= 11 is 0. The van der Waals surface area contributed by atoms with Gasteiger partial charge in [0.15, 0.2) is 0 Å². The van der Waals surface area contributed by atoms with Crippen LogP contribution in [0.15, 0.2) is 24.3 Å². The minimum atomic E-state index is -0.690. The van der Waals surface area contributed by atoms with Crippen LogP contribution in [0.4, 0.5) is 0 Å². The van der Waals surface area contributed by atoms with Crippen LogP contribution in [0, 0.1) is 0 Å². The summed E-state index contributed by atoms with van der Waals surface area (Å²) in [4.78, 5) is 0. The second-order valence-electron chi connectivity index (χ2n) is 3.74. The Morgan fingerprint density at radius 2 is 2.12 bits per heavy atom. The predicted octanol–water partition coefficient (Wildman–Crippen LogP) is 0.665. The third kappa shape index (κ3) is 3.20. The second kappa shape index (κ2) is 6.48. The third-order valence-electron chi connectivity index (χ3n) is 2.59. The highest BCUT2D eigenvalue weighted by Gasteiger charge is 2.19. The van der Waals surface area contributed by atoms with E-state index in [4.69, 9.17) is 10.5 Å². The monoisotopic (exact) mass is 224 g/mol. The molecule has 0 aromatic heterocycles. The van der Waals surface area contributed by atoms with Gasteiger partial charge in [-0.2, -0.15) is 0 Å². The zero-order valence-electron chi connectivity index (χ0n) is 9.81. The topological polar surface area (TPSA) is 67.5 Å². The van der Waals surface area contributed by atoms with Crippen LogP contribution in [0.2, 0.25) is 0 Å². The van der Waals surface area contributed by atoms with Gasteiger partial charge in [-0.05, 0) is 26.1 Å². The molecule has 4 heteroatoms. The number of aliphatic hydroxyl groups excluding tert-OH is 1. The molecule has 0 aliphatic rings. The summed E-state index contributed by atoms with van der Waals surface area (Å²) in [5.74, 6) is 0.676. The highest BCUT2D eigenvalue weighted by molar-refractivity contribution is 5.35. The Hall–Kier alpha value is -1.10. The number of para-hydroxylation sites is 1. The molecule has 2 atom stereocenters. The SMILES string of the molecule is CNCCC(N)C(O)c1ccccc1OC. The van der Waals surface area contributed by atoms with Crippen LogP contribution in [-0.4, -0.2) is 31.9 Å². The second-order valence-corrected chi connectivity index (χ2v) is 3.74. The molecule has 1 rings (SSSR count). The Morgan fingerprint density at radius 1 is 1.44 bits per heavy atom. The highest BCUT2D eigenvalue weighted by Crippen LogP contribution is 2.26. The van der Waals surface area contributed by atoms with Crippen molar-refractivity contribution in [3.8, 4) is 5.75 Å². The lowest BCUT2D eigenvalue weighted by Crippen LogP contribution is -2.31. The van der Waals surface area contributed by atoms with Gasteiger partial charge in [0.05, 0.1) is 13.2 Å². The van der Waals surface area contributed by atoms with E-state index < -0.39 is 6.10 Å². The lowest BCUT2D eigenvalue weighted by atomic mass is 9.99. The van der Waals surface area contributed by atoms with E-state index in [1.54, 1.807) is 7.11 Å². The molecule has 0 fully saturated rings. The van der Waals surface area contributed by atoms with Gasteiger partial charge in [0.25, 0.3) is 0 Å². The van der Waals surface area contributed by atoms with Gasteiger partial charge in [0.1, 0.15) is 5.75 Å². The zero-order chi connectivity index (χ0) is 12.0. The molecule has 90 valence electrons. The van der Waals surface area contributed by atoms with Gasteiger partial charge in [0.2, 0.25) is 0 Å². The molecule has 0 saturated carbocycles. The van der Waals surface area contributed by atoms with E-state index >= 15 is 0 Å². The Labute approximate surface area is 96.4 Å². The maximum absolute atomic E-state index is 10.1. The largest absolute Gasteiger partial charge is 0.496 e. The summed E-state index contributed by atoms with van der Waals surface area (Å²) in [6, 6.07) is 7.11. The molecule has 1 aromatic carbocycles. The molecule has 0 saturated heterocycles. The fourth-order valence-electron chi connectivity index (χ4n) is 1.61. The molecule has 0 amide bonds. The molecule has 16 heavy (non-hydrogen) atoms. The van der Waals surface area contributed by atoms with E-state index in [1.807, 2.05) is 31.3 Å². The van der Waals surface area contributed by atoms with Crippen molar-refractivity contribution in [2.75, 3.05) is 20.7 Å². The number of benzene rings is 1. The van der Waals surface area contributed by atoms with Crippen molar-refractivity contribution in [1.82, 2.24) is 5.32 Å². The molecule has 4 N–H and O–H groups in total. The predicted molar refractivity (Wildman–Crippen MR) is 64.5 cm³/mol. The van der Waals surface area contributed by atoms with Gasteiger partial charge in [-0.1, -0.05) is 18.2 Å². The minimum Gasteiger partial charge on any atom is -0.496 e. The van der Waals surface area contributed by atoms with Crippen molar-refractivity contribution in [3.63, 3.8) is 0 Å². The fraction of sp³-hybridized carbons (Fsp3) is 0.500. The fourth-order valence-corrected chi connectivity index (χ4v) is 1.61. The van der Waals surface area contributed by atoms with Crippen molar-refractivity contribution in [3.05, 3.63) is 29.8 Å². The van der Waals surface area contributed by atoms with E-state index in [2.05, 4.69) is 5.32 Å². The summed E-state index contributed by atoms with van der Waals surface area (Å²) in [6.07, 6.45) is 0.0277. The molecule has 0 aliphatic carbocycles. The molecule has 4 nitrogen and oxygen atoms in total. The summed E-state index contributed by atoms with van der Waals surface area (Å²) in [5.41, 5.74) is 6.66. The summed E-state index contributed by atoms with van der Waals surface area (Å²) in [7, 11) is 3.45. The van der Waals surface area contributed by atoms with Gasteiger partial charge in [-0.25, -0.2) is 0 Å². The first-order valence-corrected chi connectivity index (χ1v) is 5.42. The molecule has 1 aromatic rings. The van der Waals surface area contributed by atoms with Crippen molar-refractivity contribution in [1.29, 1.82) is 0 Å². The number of methoxy groups -OCH3 is 1. The van der Waals surface area contributed by atoms with Crippen LogP contribution >= 0.6 is 0 Å². The Balaban J connectivity index is 2.74. The molecule has 2 unspecified atom stereocenters. The first kappa shape index (κ1) is 13.0. The Kier molecular flexibility index (Phi) is 5.25. The van der Waals surface area contributed by atoms with Crippen LogP contribution in [0.1, 0.15) is 18.1 Å². The quantitative estimate of drug-likeness (QED) is 0.664. The smallest absolute Gasteiger partial charge is 0.124 e. The maximum Gasteiger partial charge on any atom is 0.124 e. The molecule has 0 spiro atoms. The molecule has 0 heterocycles. The first-order valence-electron chi connectivity index (χ1n) is 5.42. The first-order chi connectivity index (χ1) is 7.70. The minimum absolute atomic E-state index is 0.288. The van der Waals surface area contributed by atoms with E-state index in [-0.39, 0.29) is 6.04 Å². The van der Waals surface area contributed by atoms with Crippen molar-refractivity contribution in [2.45, 2.75) is 18.6 Å². The molecule has 0 aliphatic heterocycles. The molecule has 0 bridgehead atoms. The number of nitrogens with two attached hydrogens (primary N) is 1. The number of ether oxygens (including phenoxy) is 1. The lowest BCUT2D eigenvalue weighted by Gasteiger charge is -2.20. The lowest BCUT2D eigenvalue weighted by molar-refractivity contribution is 0.139. The Bertz CT molecular complexity index is 318. The van der Waals surface area contributed by atoms with Crippen molar-refractivity contribution >= 4 is 0 Å². The Morgan fingerprint density at radius 3 is 2.75 bits per heavy atom. The van der Waals surface area contributed by atoms with Crippen LogP contribution in [0.25, 0.3) is 0 Å².